The zero-order valence-electron chi connectivity index (χ0n) is 15.6. The fraction of sp³-hybridized carbons (Fsp3) is 0.444. The first kappa shape index (κ1) is 21.3. The molecule has 1 aromatic heterocycles. The molecular formula is C18H20F3N3O4S. The van der Waals surface area contributed by atoms with Crippen molar-refractivity contribution >= 4 is 10.0 Å². The van der Waals surface area contributed by atoms with Gasteiger partial charge in [-0.05, 0) is 30.5 Å². The van der Waals surface area contributed by atoms with E-state index in [1.54, 1.807) is 6.07 Å². The van der Waals surface area contributed by atoms with E-state index in [2.05, 4.69) is 9.97 Å². The van der Waals surface area contributed by atoms with Crippen LogP contribution in [0.4, 0.5) is 13.2 Å². The van der Waals surface area contributed by atoms with Crippen molar-refractivity contribution in [1.29, 1.82) is 0 Å². The quantitative estimate of drug-likeness (QED) is 0.700. The fourth-order valence-corrected chi connectivity index (χ4v) is 4.54. The summed E-state index contributed by atoms with van der Waals surface area (Å²) in [6.45, 7) is 0.520. The molecule has 29 heavy (non-hydrogen) atoms. The van der Waals surface area contributed by atoms with Gasteiger partial charge in [-0.2, -0.15) is 18.2 Å². The number of nitrogens with zero attached hydrogens (tertiary/aromatic N) is 3. The molecule has 0 spiro atoms. The van der Waals surface area contributed by atoms with Crippen LogP contribution in [-0.2, 0) is 22.0 Å². The average Bonchev–Trinajstić information content (AvgIpc) is 2.68. The molecule has 0 amide bonds. The second-order valence-electron chi connectivity index (χ2n) is 6.55. The van der Waals surface area contributed by atoms with E-state index in [1.807, 2.05) is 0 Å². The van der Waals surface area contributed by atoms with Crippen molar-refractivity contribution in [3.63, 3.8) is 0 Å². The van der Waals surface area contributed by atoms with Gasteiger partial charge in [-0.25, -0.2) is 17.7 Å². The summed E-state index contributed by atoms with van der Waals surface area (Å²) in [5.41, 5.74) is -0.498. The first-order valence-corrected chi connectivity index (χ1v) is 10.5. The molecule has 158 valence electrons. The molecule has 3 rings (SSSR count). The molecular weight excluding hydrogens is 411 g/mol. The van der Waals surface area contributed by atoms with Gasteiger partial charge in [0.1, 0.15) is 6.10 Å². The summed E-state index contributed by atoms with van der Waals surface area (Å²) < 4.78 is 75.2. The summed E-state index contributed by atoms with van der Waals surface area (Å²) >= 11 is 0. The third-order valence-electron chi connectivity index (χ3n) is 4.50. The molecule has 1 aliphatic heterocycles. The van der Waals surface area contributed by atoms with Crippen LogP contribution in [0.1, 0.15) is 24.0 Å². The largest absolute Gasteiger partial charge is 0.474 e. The van der Waals surface area contributed by atoms with Crippen LogP contribution < -0.4 is 9.47 Å². The molecule has 0 atom stereocenters. The van der Waals surface area contributed by atoms with Gasteiger partial charge in [-0.3, -0.25) is 0 Å². The van der Waals surface area contributed by atoms with E-state index >= 15 is 0 Å². The molecule has 0 radical (unpaired) electrons. The Morgan fingerprint density at radius 1 is 1.14 bits per heavy atom. The molecule has 0 bridgehead atoms. The molecule has 0 aliphatic carbocycles. The van der Waals surface area contributed by atoms with Gasteiger partial charge in [0.2, 0.25) is 15.9 Å². The Labute approximate surface area is 166 Å². The number of hydrogen-bond donors (Lipinski definition) is 0. The van der Waals surface area contributed by atoms with Crippen LogP contribution in [0.5, 0.6) is 11.9 Å². The zero-order chi connectivity index (χ0) is 21.1. The highest BCUT2D eigenvalue weighted by Crippen LogP contribution is 2.29. The number of sulfonamides is 1. The monoisotopic (exact) mass is 431 g/mol. The van der Waals surface area contributed by atoms with Gasteiger partial charge >= 0.3 is 12.2 Å². The summed E-state index contributed by atoms with van der Waals surface area (Å²) in [4.78, 5) is 7.96. The van der Waals surface area contributed by atoms with Crippen LogP contribution in [-0.4, -0.2) is 49.0 Å². The number of alkyl halides is 3. The van der Waals surface area contributed by atoms with E-state index in [-0.39, 0.29) is 31.0 Å². The summed E-state index contributed by atoms with van der Waals surface area (Å²) in [6.07, 6.45) is -2.21. The van der Waals surface area contributed by atoms with Crippen LogP contribution >= 0.6 is 0 Å². The molecule has 0 N–H and O–H groups in total. The van der Waals surface area contributed by atoms with Gasteiger partial charge in [-0.15, -0.1) is 0 Å². The number of hydrogen-bond acceptors (Lipinski definition) is 6. The van der Waals surface area contributed by atoms with Crippen molar-refractivity contribution in [3.8, 4) is 11.9 Å². The molecule has 7 nitrogen and oxygen atoms in total. The van der Waals surface area contributed by atoms with E-state index in [9.17, 15) is 21.6 Å². The maximum absolute atomic E-state index is 12.6. The van der Waals surface area contributed by atoms with E-state index in [4.69, 9.17) is 9.47 Å². The summed E-state index contributed by atoms with van der Waals surface area (Å²) in [5.74, 6) is 0.00247. The molecule has 2 heterocycles. The highest BCUT2D eigenvalue weighted by molar-refractivity contribution is 7.88. The average molecular weight is 431 g/mol. The summed E-state index contributed by atoms with van der Waals surface area (Å²) in [5, 5.41) is 0. The molecule has 0 saturated carbocycles. The number of piperidine rings is 1. The molecule has 1 saturated heterocycles. The van der Waals surface area contributed by atoms with Gasteiger partial charge in [0.25, 0.3) is 0 Å². The lowest BCUT2D eigenvalue weighted by Gasteiger charge is -2.31. The second-order valence-corrected chi connectivity index (χ2v) is 8.52. The number of halogens is 3. The van der Waals surface area contributed by atoms with Crippen LogP contribution in [0.3, 0.4) is 0 Å². The molecule has 0 unspecified atom stereocenters. The Balaban J connectivity index is 1.56. The Hall–Kier alpha value is -2.40. The predicted molar refractivity (Wildman–Crippen MR) is 97.9 cm³/mol. The highest BCUT2D eigenvalue weighted by atomic mass is 32.2. The van der Waals surface area contributed by atoms with Gasteiger partial charge in [0.15, 0.2) is 0 Å². The van der Waals surface area contributed by atoms with Crippen molar-refractivity contribution in [2.75, 3.05) is 20.2 Å². The number of ether oxygens (including phenoxy) is 2. The number of rotatable bonds is 6. The minimum Gasteiger partial charge on any atom is -0.474 e. The number of methoxy groups -OCH3 is 1. The van der Waals surface area contributed by atoms with Crippen molar-refractivity contribution in [1.82, 2.24) is 14.3 Å². The van der Waals surface area contributed by atoms with Crippen molar-refractivity contribution in [2.24, 2.45) is 0 Å². The third-order valence-corrected chi connectivity index (χ3v) is 6.35. The smallest absolute Gasteiger partial charge is 0.416 e. The van der Waals surface area contributed by atoms with E-state index in [1.165, 1.54) is 29.7 Å². The van der Waals surface area contributed by atoms with Gasteiger partial charge < -0.3 is 9.47 Å². The molecule has 11 heteroatoms. The Kier molecular flexibility index (Phi) is 6.27. The van der Waals surface area contributed by atoms with Gasteiger partial charge in [0, 0.05) is 25.4 Å². The predicted octanol–water partition coefficient (Wildman–Crippen LogP) is 2.88. The first-order chi connectivity index (χ1) is 13.7. The van der Waals surface area contributed by atoms with Crippen LogP contribution in [0.25, 0.3) is 0 Å². The lowest BCUT2D eigenvalue weighted by molar-refractivity contribution is -0.137. The number of benzene rings is 1. The van der Waals surface area contributed by atoms with E-state index < -0.39 is 21.8 Å². The topological polar surface area (TPSA) is 81.6 Å². The lowest BCUT2D eigenvalue weighted by Crippen LogP contribution is -2.42. The van der Waals surface area contributed by atoms with Gasteiger partial charge in [0.05, 0.1) is 18.4 Å². The number of aromatic nitrogens is 2. The molecule has 1 aliphatic rings. The fourth-order valence-electron chi connectivity index (χ4n) is 2.98. The SMILES string of the molecule is COc1nccc(OC2CCN(S(=O)(=O)Cc3ccc(C(F)(F)F)cc3)CC2)n1. The first-order valence-electron chi connectivity index (χ1n) is 8.85. The van der Waals surface area contributed by atoms with Gasteiger partial charge in [-0.1, -0.05) is 12.1 Å². The maximum Gasteiger partial charge on any atom is 0.416 e. The van der Waals surface area contributed by atoms with E-state index in [0.717, 1.165) is 12.1 Å². The minimum atomic E-state index is -4.45. The normalized spacial score (nSPS) is 16.6. The van der Waals surface area contributed by atoms with Crippen LogP contribution in [0.2, 0.25) is 0 Å². The van der Waals surface area contributed by atoms with Crippen LogP contribution in [0, 0.1) is 0 Å². The molecule has 1 fully saturated rings. The van der Waals surface area contributed by atoms with Crippen molar-refractivity contribution < 1.29 is 31.1 Å². The van der Waals surface area contributed by atoms with Crippen molar-refractivity contribution in [2.45, 2.75) is 30.9 Å². The minimum absolute atomic E-state index is 0.180. The Bertz CT molecular complexity index is 928. The standard InChI is InChI=1S/C18H20F3N3O4S/c1-27-17-22-9-6-16(23-17)28-15-7-10-24(11-8-15)29(25,26)12-13-2-4-14(5-3-13)18(19,20)21/h2-6,9,15H,7-8,10-12H2,1H3. The summed E-state index contributed by atoms with van der Waals surface area (Å²) in [7, 11) is -2.20. The van der Waals surface area contributed by atoms with E-state index in [0.29, 0.717) is 24.3 Å². The molecule has 1 aromatic carbocycles. The summed E-state index contributed by atoms with van der Waals surface area (Å²) in [6, 6.07) is 5.94. The van der Waals surface area contributed by atoms with Crippen LogP contribution in [0.15, 0.2) is 36.5 Å². The Morgan fingerprint density at radius 3 is 2.38 bits per heavy atom. The van der Waals surface area contributed by atoms with Crippen molar-refractivity contribution in [3.05, 3.63) is 47.7 Å². The Morgan fingerprint density at radius 2 is 1.79 bits per heavy atom. The highest BCUT2D eigenvalue weighted by Gasteiger charge is 2.31. The molecule has 2 aromatic rings. The second kappa shape index (κ2) is 8.54. The third kappa shape index (κ3) is 5.57. The lowest BCUT2D eigenvalue weighted by atomic mass is 10.1. The zero-order valence-corrected chi connectivity index (χ0v) is 16.4. The maximum atomic E-state index is 12.6.